The number of rotatable bonds is 15. The van der Waals surface area contributed by atoms with Crippen molar-refractivity contribution in [1.82, 2.24) is 0 Å². The summed E-state index contributed by atoms with van der Waals surface area (Å²) in [6.07, 6.45) is 16.1. The van der Waals surface area contributed by atoms with E-state index < -0.39 is 5.97 Å². The van der Waals surface area contributed by atoms with E-state index in [0.717, 1.165) is 64.2 Å². The smallest absolute Gasteiger partial charge is 0.303 e. The van der Waals surface area contributed by atoms with Crippen LogP contribution in [-0.2, 0) is 9.53 Å². The summed E-state index contributed by atoms with van der Waals surface area (Å²) >= 11 is 0. The maximum absolute atomic E-state index is 10.4. The van der Waals surface area contributed by atoms with E-state index in [-0.39, 0.29) is 6.10 Å². The summed E-state index contributed by atoms with van der Waals surface area (Å²) in [6, 6.07) is 0. The lowest BCUT2D eigenvalue weighted by Crippen LogP contribution is -2.15. The molecule has 3 unspecified atom stereocenters. The maximum atomic E-state index is 10.4. The number of carboxylic acid groups (broad SMARTS) is 1. The van der Waals surface area contributed by atoms with E-state index in [4.69, 9.17) is 9.84 Å². The molecule has 0 amide bonds. The summed E-state index contributed by atoms with van der Waals surface area (Å²) < 4.78 is 6.11. The second-order valence-corrected chi connectivity index (χ2v) is 7.38. The van der Waals surface area contributed by atoms with Crippen LogP contribution in [0.2, 0.25) is 0 Å². The lowest BCUT2D eigenvalue weighted by Gasteiger charge is -2.16. The molecule has 1 aliphatic rings. The van der Waals surface area contributed by atoms with Gasteiger partial charge in [-0.15, -0.1) is 0 Å². The highest BCUT2D eigenvalue weighted by Gasteiger charge is 2.25. The minimum atomic E-state index is -0.684. The number of carboxylic acids is 1. The van der Waals surface area contributed by atoms with Crippen molar-refractivity contribution in [3.63, 3.8) is 0 Å². The van der Waals surface area contributed by atoms with Crippen LogP contribution in [0, 0.1) is 0 Å². The highest BCUT2D eigenvalue weighted by Crippen LogP contribution is 2.27. The van der Waals surface area contributed by atoms with Gasteiger partial charge in [-0.25, -0.2) is 0 Å². The highest BCUT2D eigenvalue weighted by molar-refractivity contribution is 5.66. The van der Waals surface area contributed by atoms with Crippen LogP contribution in [0.5, 0.6) is 0 Å². The monoisotopic (exact) mass is 342 g/mol. The van der Waals surface area contributed by atoms with Gasteiger partial charge in [0.25, 0.3) is 0 Å². The Kier molecular flexibility index (Phi) is 12.2. The number of aliphatic hydroxyl groups excluding tert-OH is 1. The van der Waals surface area contributed by atoms with E-state index in [9.17, 15) is 9.90 Å². The average molecular weight is 343 g/mol. The van der Waals surface area contributed by atoms with Gasteiger partial charge in [-0.3, -0.25) is 4.79 Å². The van der Waals surface area contributed by atoms with Crippen molar-refractivity contribution in [2.24, 2.45) is 0 Å². The number of aliphatic hydroxyl groups is 1. The third kappa shape index (κ3) is 11.0. The molecule has 2 N–H and O–H groups in total. The van der Waals surface area contributed by atoms with E-state index in [2.05, 4.69) is 6.92 Å². The van der Waals surface area contributed by atoms with Crippen molar-refractivity contribution in [2.75, 3.05) is 0 Å². The SMILES string of the molecule is CCCCCC(O)CCC1CCC(CCCCCCCC(=O)O)O1. The molecule has 0 radical (unpaired) electrons. The number of ether oxygens (including phenoxy) is 1. The van der Waals surface area contributed by atoms with E-state index in [1.165, 1.54) is 25.7 Å². The van der Waals surface area contributed by atoms with E-state index in [1.807, 2.05) is 0 Å². The van der Waals surface area contributed by atoms with E-state index in [1.54, 1.807) is 0 Å². The minimum absolute atomic E-state index is 0.148. The predicted octanol–water partition coefficient (Wildman–Crippen LogP) is 5.07. The Morgan fingerprint density at radius 3 is 2.33 bits per heavy atom. The molecular weight excluding hydrogens is 304 g/mol. The Labute approximate surface area is 148 Å². The lowest BCUT2D eigenvalue weighted by atomic mass is 10.0. The number of hydrogen-bond donors (Lipinski definition) is 2. The van der Waals surface area contributed by atoms with Gasteiger partial charge in [-0.2, -0.15) is 0 Å². The topological polar surface area (TPSA) is 66.8 Å². The molecule has 0 bridgehead atoms. The van der Waals surface area contributed by atoms with Gasteiger partial charge in [-0.1, -0.05) is 51.9 Å². The number of carbonyl (C=O) groups is 1. The van der Waals surface area contributed by atoms with Crippen LogP contribution in [0.1, 0.15) is 103 Å². The van der Waals surface area contributed by atoms with Crippen molar-refractivity contribution in [1.29, 1.82) is 0 Å². The van der Waals surface area contributed by atoms with Crippen molar-refractivity contribution in [2.45, 2.75) is 122 Å². The normalized spacial score (nSPS) is 21.9. The van der Waals surface area contributed by atoms with Crippen LogP contribution in [0.25, 0.3) is 0 Å². The summed E-state index contributed by atoms with van der Waals surface area (Å²) in [5.74, 6) is -0.684. The first-order valence-electron chi connectivity index (χ1n) is 10.2. The Bertz CT molecular complexity index is 319. The minimum Gasteiger partial charge on any atom is -0.481 e. The third-order valence-corrected chi connectivity index (χ3v) is 5.08. The van der Waals surface area contributed by atoms with Gasteiger partial charge in [0.15, 0.2) is 0 Å². The van der Waals surface area contributed by atoms with Crippen molar-refractivity contribution in [3.8, 4) is 0 Å². The zero-order valence-corrected chi connectivity index (χ0v) is 15.5. The summed E-state index contributed by atoms with van der Waals surface area (Å²) in [5.41, 5.74) is 0. The van der Waals surface area contributed by atoms with Crippen molar-refractivity contribution in [3.05, 3.63) is 0 Å². The molecule has 1 rings (SSSR count). The van der Waals surface area contributed by atoms with Gasteiger partial charge in [0.2, 0.25) is 0 Å². The molecule has 142 valence electrons. The molecule has 1 fully saturated rings. The molecule has 4 heteroatoms. The fourth-order valence-electron chi connectivity index (χ4n) is 3.54. The molecule has 1 heterocycles. The molecule has 0 aromatic carbocycles. The number of aliphatic carboxylic acids is 1. The van der Waals surface area contributed by atoms with Crippen LogP contribution in [0.4, 0.5) is 0 Å². The van der Waals surface area contributed by atoms with Gasteiger partial charge in [-0.05, 0) is 44.9 Å². The first kappa shape index (κ1) is 21.4. The van der Waals surface area contributed by atoms with Gasteiger partial charge >= 0.3 is 5.97 Å². The van der Waals surface area contributed by atoms with Crippen LogP contribution in [0.15, 0.2) is 0 Å². The molecule has 0 saturated carbocycles. The second kappa shape index (κ2) is 13.7. The zero-order valence-electron chi connectivity index (χ0n) is 15.5. The third-order valence-electron chi connectivity index (χ3n) is 5.08. The molecule has 24 heavy (non-hydrogen) atoms. The average Bonchev–Trinajstić information content (AvgIpc) is 3.00. The fourth-order valence-corrected chi connectivity index (χ4v) is 3.54. The number of unbranched alkanes of at least 4 members (excludes halogenated alkanes) is 6. The van der Waals surface area contributed by atoms with Crippen LogP contribution < -0.4 is 0 Å². The fraction of sp³-hybridized carbons (Fsp3) is 0.950. The highest BCUT2D eigenvalue weighted by atomic mass is 16.5. The molecule has 0 spiro atoms. The standard InChI is InChI=1S/C20H38O4/c1-2-3-7-10-17(21)13-14-19-16-15-18(24-19)11-8-5-4-6-9-12-20(22)23/h17-19,21H,2-16H2,1H3,(H,22,23). The molecule has 3 atom stereocenters. The molecule has 4 nitrogen and oxygen atoms in total. The summed E-state index contributed by atoms with van der Waals surface area (Å²) in [7, 11) is 0. The quantitative estimate of drug-likeness (QED) is 0.408. The predicted molar refractivity (Wildman–Crippen MR) is 97.2 cm³/mol. The second-order valence-electron chi connectivity index (χ2n) is 7.38. The molecular formula is C20H38O4. The van der Waals surface area contributed by atoms with Crippen LogP contribution in [0.3, 0.4) is 0 Å². The van der Waals surface area contributed by atoms with Crippen molar-refractivity contribution >= 4 is 5.97 Å². The largest absolute Gasteiger partial charge is 0.481 e. The van der Waals surface area contributed by atoms with Crippen LogP contribution >= 0.6 is 0 Å². The van der Waals surface area contributed by atoms with Gasteiger partial charge in [0.05, 0.1) is 18.3 Å². The summed E-state index contributed by atoms with van der Waals surface area (Å²) in [4.78, 5) is 10.4. The molecule has 0 aliphatic carbocycles. The molecule has 0 aromatic heterocycles. The zero-order chi connectivity index (χ0) is 17.6. The molecule has 1 aliphatic heterocycles. The summed E-state index contributed by atoms with van der Waals surface area (Å²) in [6.45, 7) is 2.19. The Hall–Kier alpha value is -0.610. The first-order valence-corrected chi connectivity index (χ1v) is 10.2. The lowest BCUT2D eigenvalue weighted by molar-refractivity contribution is -0.137. The molecule has 1 saturated heterocycles. The Morgan fingerprint density at radius 1 is 0.958 bits per heavy atom. The van der Waals surface area contributed by atoms with Gasteiger partial charge in [0, 0.05) is 6.42 Å². The maximum Gasteiger partial charge on any atom is 0.303 e. The summed E-state index contributed by atoms with van der Waals surface area (Å²) in [5, 5.41) is 18.6. The van der Waals surface area contributed by atoms with E-state index >= 15 is 0 Å². The van der Waals surface area contributed by atoms with Crippen LogP contribution in [-0.4, -0.2) is 34.5 Å². The van der Waals surface area contributed by atoms with E-state index in [0.29, 0.717) is 18.6 Å². The Morgan fingerprint density at radius 2 is 1.62 bits per heavy atom. The van der Waals surface area contributed by atoms with Gasteiger partial charge < -0.3 is 14.9 Å². The Balaban J connectivity index is 1.94. The first-order chi connectivity index (χ1) is 11.6. The number of hydrogen-bond acceptors (Lipinski definition) is 3. The van der Waals surface area contributed by atoms with Crippen molar-refractivity contribution < 1.29 is 19.7 Å². The van der Waals surface area contributed by atoms with Gasteiger partial charge in [0.1, 0.15) is 0 Å². The molecule has 0 aromatic rings.